The van der Waals surface area contributed by atoms with Crippen LogP contribution < -0.4 is 20.2 Å². The minimum absolute atomic E-state index is 0.176. The van der Waals surface area contributed by atoms with E-state index in [0.717, 1.165) is 0 Å². The average Bonchev–Trinajstić information content (AvgIpc) is 1.55. The number of hydrogen-bond donors (Lipinski definition) is 4. The second-order valence-electron chi connectivity index (χ2n) is 1.80. The third-order valence-electron chi connectivity index (χ3n) is 0.597. The lowest BCUT2D eigenvalue weighted by atomic mass is 10.8. The molecule has 0 amide bonds. The molecule has 0 aliphatic carbocycles. The van der Waals surface area contributed by atoms with Crippen molar-refractivity contribution in [1.82, 2.24) is 9.21 Å². The Morgan fingerprint density at radius 1 is 1.45 bits per heavy atom. The van der Waals surface area contributed by atoms with Gasteiger partial charge in [-0.3, -0.25) is 15.6 Å². The second kappa shape index (κ2) is 3.61. The Kier molecular flexibility index (Phi) is 3.62. The van der Waals surface area contributed by atoms with Crippen LogP contribution in [0.4, 0.5) is 0 Å². The molecule has 0 radical (unpaired) electrons. The van der Waals surface area contributed by atoms with E-state index in [1.165, 1.54) is 0 Å². The van der Waals surface area contributed by atoms with Crippen LogP contribution in [0.25, 0.3) is 0 Å². The van der Waals surface area contributed by atoms with E-state index in [1.807, 2.05) is 4.72 Å². The van der Waals surface area contributed by atoms with Crippen molar-refractivity contribution in [3.8, 4) is 0 Å². The SMILES string of the molecule is CCNS(=O)(=O)NP(N)(N)=O. The van der Waals surface area contributed by atoms with Crippen molar-refractivity contribution < 1.29 is 13.0 Å². The fraction of sp³-hybridized carbons (Fsp3) is 1.00. The molecular formula is C2H11N4O3PS. The summed E-state index contributed by atoms with van der Waals surface area (Å²) in [7, 11) is -7.52. The summed E-state index contributed by atoms with van der Waals surface area (Å²) < 4.78 is 35.5. The van der Waals surface area contributed by atoms with Gasteiger partial charge in [-0.2, -0.15) is 8.42 Å². The maximum atomic E-state index is 10.7. The maximum absolute atomic E-state index is 10.7. The van der Waals surface area contributed by atoms with Gasteiger partial charge in [-0.25, -0.2) is 4.72 Å². The smallest absolute Gasteiger partial charge is 0.270 e. The minimum atomic E-state index is -3.80. The van der Waals surface area contributed by atoms with Crippen LogP contribution >= 0.6 is 7.59 Å². The first-order valence-electron chi connectivity index (χ1n) is 2.72. The standard InChI is InChI=1S/C2H11N4O3PS/c1-2-5-11(8,9)6-10(3,4)7/h5H,2H2,1H3,(H5,3,4,6,7). The molecule has 0 fully saturated rings. The molecule has 0 aliphatic rings. The highest BCUT2D eigenvalue weighted by atomic mass is 32.2. The highest BCUT2D eigenvalue weighted by molar-refractivity contribution is 7.93. The number of rotatable bonds is 4. The molecule has 0 aromatic carbocycles. The van der Waals surface area contributed by atoms with Crippen LogP contribution in [-0.4, -0.2) is 15.0 Å². The molecule has 0 bridgehead atoms. The quantitative estimate of drug-likeness (QED) is 0.410. The lowest BCUT2D eigenvalue weighted by Crippen LogP contribution is -2.38. The van der Waals surface area contributed by atoms with Crippen LogP contribution in [0.3, 0.4) is 0 Å². The fourth-order valence-corrected chi connectivity index (χ4v) is 2.55. The summed E-state index contributed by atoms with van der Waals surface area (Å²) >= 11 is 0. The van der Waals surface area contributed by atoms with Gasteiger partial charge in [-0.1, -0.05) is 6.92 Å². The van der Waals surface area contributed by atoms with Crippen molar-refractivity contribution >= 4 is 17.8 Å². The van der Waals surface area contributed by atoms with Gasteiger partial charge < -0.3 is 0 Å². The van der Waals surface area contributed by atoms with Crippen molar-refractivity contribution in [3.63, 3.8) is 0 Å². The third kappa shape index (κ3) is 6.42. The summed E-state index contributed by atoms with van der Waals surface area (Å²) in [6.07, 6.45) is 0. The molecule has 0 aliphatic heterocycles. The second-order valence-corrected chi connectivity index (χ2v) is 5.25. The molecule has 0 aromatic heterocycles. The van der Waals surface area contributed by atoms with Crippen LogP contribution in [0.15, 0.2) is 0 Å². The molecule has 0 unspecified atom stereocenters. The summed E-state index contributed by atoms with van der Waals surface area (Å²) in [6.45, 7) is 1.74. The zero-order valence-electron chi connectivity index (χ0n) is 5.94. The summed E-state index contributed by atoms with van der Waals surface area (Å²) in [4.78, 5) is 0. The Labute approximate surface area is 65.2 Å². The van der Waals surface area contributed by atoms with Crippen LogP contribution in [0.5, 0.6) is 0 Å². The van der Waals surface area contributed by atoms with Gasteiger partial charge in [-0.05, 0) is 0 Å². The Balaban J connectivity index is 4.27. The molecule has 11 heavy (non-hydrogen) atoms. The number of hydrogen-bond acceptors (Lipinski definition) is 3. The van der Waals surface area contributed by atoms with E-state index in [2.05, 4.69) is 0 Å². The van der Waals surface area contributed by atoms with Gasteiger partial charge in [0.05, 0.1) is 0 Å². The van der Waals surface area contributed by atoms with Crippen molar-refractivity contribution in [2.75, 3.05) is 6.54 Å². The Morgan fingerprint density at radius 3 is 2.18 bits per heavy atom. The number of nitrogens with one attached hydrogen (secondary N) is 2. The molecule has 0 rings (SSSR count). The van der Waals surface area contributed by atoms with Gasteiger partial charge in [0.1, 0.15) is 0 Å². The van der Waals surface area contributed by atoms with E-state index < -0.39 is 17.8 Å². The molecule has 0 saturated carbocycles. The first-order chi connectivity index (χ1) is 4.77. The number of nitrogens with two attached hydrogens (primary N) is 2. The van der Waals surface area contributed by atoms with Crippen molar-refractivity contribution in [3.05, 3.63) is 0 Å². The lowest BCUT2D eigenvalue weighted by molar-refractivity contribution is 0.562. The van der Waals surface area contributed by atoms with Crippen LogP contribution in [-0.2, 0) is 14.8 Å². The molecule has 9 heteroatoms. The Morgan fingerprint density at radius 2 is 1.91 bits per heavy atom. The third-order valence-corrected chi connectivity index (χ3v) is 3.37. The van der Waals surface area contributed by atoms with Gasteiger partial charge >= 0.3 is 0 Å². The molecule has 68 valence electrons. The fourth-order valence-electron chi connectivity index (χ4n) is 0.410. The van der Waals surface area contributed by atoms with E-state index in [-0.39, 0.29) is 6.54 Å². The van der Waals surface area contributed by atoms with Crippen LogP contribution in [0.2, 0.25) is 0 Å². The topological polar surface area (TPSA) is 127 Å². The van der Waals surface area contributed by atoms with Crippen LogP contribution in [0, 0.1) is 0 Å². The first kappa shape index (κ1) is 11.0. The van der Waals surface area contributed by atoms with E-state index in [9.17, 15) is 13.0 Å². The maximum Gasteiger partial charge on any atom is 0.288 e. The van der Waals surface area contributed by atoms with Gasteiger partial charge in [-0.15, -0.1) is 4.49 Å². The highest BCUT2D eigenvalue weighted by Gasteiger charge is 2.17. The van der Waals surface area contributed by atoms with Gasteiger partial charge in [0.25, 0.3) is 17.8 Å². The molecular weight excluding hydrogens is 191 g/mol. The Bertz CT molecular complexity index is 255. The summed E-state index contributed by atoms with van der Waals surface area (Å²) in [5.74, 6) is 0. The summed E-state index contributed by atoms with van der Waals surface area (Å²) in [5, 5.41) is 0. The largest absolute Gasteiger partial charge is 0.288 e. The van der Waals surface area contributed by atoms with E-state index in [4.69, 9.17) is 11.0 Å². The van der Waals surface area contributed by atoms with E-state index >= 15 is 0 Å². The first-order valence-corrected chi connectivity index (χ1v) is 6.05. The predicted molar refractivity (Wildman–Crippen MR) is 41.7 cm³/mol. The Hall–Kier alpha value is 0.0200. The summed E-state index contributed by atoms with van der Waals surface area (Å²) in [5.41, 5.74) is 9.51. The zero-order valence-corrected chi connectivity index (χ0v) is 7.65. The average molecular weight is 202 g/mol. The highest BCUT2D eigenvalue weighted by Crippen LogP contribution is 2.18. The monoisotopic (exact) mass is 202 g/mol. The van der Waals surface area contributed by atoms with Crippen molar-refractivity contribution in [1.29, 1.82) is 0 Å². The molecule has 0 spiro atoms. The van der Waals surface area contributed by atoms with Crippen LogP contribution in [0.1, 0.15) is 6.92 Å². The minimum Gasteiger partial charge on any atom is -0.270 e. The predicted octanol–water partition coefficient (Wildman–Crippen LogP) is -1.54. The zero-order chi connectivity index (χ0) is 9.12. The summed E-state index contributed by atoms with van der Waals surface area (Å²) in [6, 6.07) is 0. The molecule has 0 atom stereocenters. The van der Waals surface area contributed by atoms with Gasteiger partial charge in [0.15, 0.2) is 0 Å². The molecule has 0 heterocycles. The van der Waals surface area contributed by atoms with Crippen molar-refractivity contribution in [2.24, 2.45) is 11.0 Å². The van der Waals surface area contributed by atoms with E-state index in [0.29, 0.717) is 0 Å². The lowest BCUT2D eigenvalue weighted by Gasteiger charge is -2.08. The molecule has 6 N–H and O–H groups in total. The van der Waals surface area contributed by atoms with Gasteiger partial charge in [0.2, 0.25) is 0 Å². The molecule has 7 nitrogen and oxygen atoms in total. The van der Waals surface area contributed by atoms with Gasteiger partial charge in [0, 0.05) is 6.54 Å². The van der Waals surface area contributed by atoms with E-state index in [1.54, 1.807) is 11.4 Å². The van der Waals surface area contributed by atoms with Crippen molar-refractivity contribution in [2.45, 2.75) is 6.92 Å². The molecule has 0 aromatic rings. The normalized spacial score (nSPS) is 13.4. The molecule has 0 saturated heterocycles.